The van der Waals surface area contributed by atoms with E-state index in [2.05, 4.69) is 167 Å². The second-order valence-electron chi connectivity index (χ2n) is 16.6. The van der Waals surface area contributed by atoms with E-state index in [1.54, 1.807) is 0 Å². The molecule has 0 heterocycles. The van der Waals surface area contributed by atoms with Crippen molar-refractivity contribution < 1.29 is 28.6 Å². The molecule has 0 rings (SSSR count). The molecule has 1 unspecified atom stereocenters. The van der Waals surface area contributed by atoms with Crippen LogP contribution in [0.4, 0.5) is 0 Å². The highest BCUT2D eigenvalue weighted by Gasteiger charge is 2.19. The number of rotatable bonds is 45. The second kappa shape index (κ2) is 53.9. The zero-order chi connectivity index (χ0) is 48.6. The van der Waals surface area contributed by atoms with Crippen molar-refractivity contribution in [3.8, 4) is 0 Å². The topological polar surface area (TPSA) is 78.9 Å². The number of allylic oxidation sites excluding steroid dienone is 24. The van der Waals surface area contributed by atoms with Gasteiger partial charge in [-0.15, -0.1) is 0 Å². The molecule has 0 fully saturated rings. The van der Waals surface area contributed by atoms with Gasteiger partial charge in [-0.2, -0.15) is 0 Å². The van der Waals surface area contributed by atoms with E-state index in [-0.39, 0.29) is 37.5 Å². The summed E-state index contributed by atoms with van der Waals surface area (Å²) in [6.45, 7) is 6.20. The standard InChI is InChI=1S/C61H94O6/c1-4-7-10-13-16-19-22-25-27-29-30-32-33-36-39-42-45-48-51-54-60(63)66-57-58(56-65-59(62)53-50-47-44-41-38-35-24-21-18-15-12-9-6-3)67-61(64)55-52-49-46-43-40-37-34-31-28-26-23-20-17-14-11-8-5-2/h7-12,16-21,25-28,30,32,34-39,58H,4-6,13-15,22-24,29,31,33,40-57H2,1-3H3/b10-7-,11-8-,12-9-,19-16-,20-17-,21-18-,27-25-,28-26-,32-30-,37-34-,38-35-,39-36-. The van der Waals surface area contributed by atoms with Crippen LogP contribution in [-0.2, 0) is 28.6 Å². The van der Waals surface area contributed by atoms with Gasteiger partial charge in [-0.1, -0.05) is 192 Å². The minimum Gasteiger partial charge on any atom is -0.462 e. The van der Waals surface area contributed by atoms with Crippen LogP contribution in [0.2, 0.25) is 0 Å². The Morgan fingerprint density at radius 1 is 0.299 bits per heavy atom. The largest absolute Gasteiger partial charge is 0.462 e. The Labute approximate surface area is 410 Å². The van der Waals surface area contributed by atoms with E-state index in [4.69, 9.17) is 14.2 Å². The molecule has 0 aromatic heterocycles. The van der Waals surface area contributed by atoms with Crippen molar-refractivity contribution in [3.63, 3.8) is 0 Å². The van der Waals surface area contributed by atoms with Crippen molar-refractivity contribution in [3.05, 3.63) is 146 Å². The molecule has 6 nitrogen and oxygen atoms in total. The van der Waals surface area contributed by atoms with Gasteiger partial charge in [0, 0.05) is 19.3 Å². The predicted octanol–water partition coefficient (Wildman–Crippen LogP) is 17.6. The summed E-state index contributed by atoms with van der Waals surface area (Å²) in [6, 6.07) is 0. The Bertz CT molecular complexity index is 1530. The van der Waals surface area contributed by atoms with Gasteiger partial charge in [0.25, 0.3) is 0 Å². The Morgan fingerprint density at radius 3 is 0.836 bits per heavy atom. The third-order valence-electron chi connectivity index (χ3n) is 10.3. The van der Waals surface area contributed by atoms with Crippen molar-refractivity contribution in [1.29, 1.82) is 0 Å². The molecule has 0 amide bonds. The molecule has 0 aromatic rings. The van der Waals surface area contributed by atoms with Gasteiger partial charge in [-0.3, -0.25) is 14.4 Å². The van der Waals surface area contributed by atoms with Crippen LogP contribution in [0, 0.1) is 0 Å². The molecule has 0 bridgehead atoms. The number of esters is 3. The van der Waals surface area contributed by atoms with Crippen molar-refractivity contribution in [2.24, 2.45) is 0 Å². The quantitative estimate of drug-likeness (QED) is 0.0262. The molecule has 0 saturated carbocycles. The van der Waals surface area contributed by atoms with E-state index in [9.17, 15) is 14.4 Å². The lowest BCUT2D eigenvalue weighted by atomic mass is 10.1. The van der Waals surface area contributed by atoms with E-state index in [0.29, 0.717) is 12.8 Å². The van der Waals surface area contributed by atoms with Crippen LogP contribution in [0.3, 0.4) is 0 Å². The molecule has 374 valence electrons. The summed E-state index contributed by atoms with van der Waals surface area (Å²) >= 11 is 0. The van der Waals surface area contributed by atoms with Gasteiger partial charge in [0.15, 0.2) is 6.10 Å². The highest BCUT2D eigenvalue weighted by Crippen LogP contribution is 2.11. The van der Waals surface area contributed by atoms with Gasteiger partial charge in [0.1, 0.15) is 13.2 Å². The highest BCUT2D eigenvalue weighted by atomic mass is 16.6. The van der Waals surface area contributed by atoms with Crippen LogP contribution in [0.25, 0.3) is 0 Å². The van der Waals surface area contributed by atoms with Crippen LogP contribution >= 0.6 is 0 Å². The molecule has 0 aromatic carbocycles. The lowest BCUT2D eigenvalue weighted by Gasteiger charge is -2.18. The smallest absolute Gasteiger partial charge is 0.306 e. The van der Waals surface area contributed by atoms with Crippen molar-refractivity contribution >= 4 is 17.9 Å². The maximum Gasteiger partial charge on any atom is 0.306 e. The van der Waals surface area contributed by atoms with Crippen molar-refractivity contribution in [2.45, 2.75) is 207 Å². The summed E-state index contributed by atoms with van der Waals surface area (Å²) < 4.78 is 16.7. The zero-order valence-corrected chi connectivity index (χ0v) is 42.6. The molecule has 1 atom stereocenters. The second-order valence-corrected chi connectivity index (χ2v) is 16.6. The lowest BCUT2D eigenvalue weighted by molar-refractivity contribution is -0.167. The number of unbranched alkanes of at least 4 members (excludes halogenated alkanes) is 10. The molecule has 0 saturated heterocycles. The molecule has 0 aliphatic rings. The highest BCUT2D eigenvalue weighted by molar-refractivity contribution is 5.71. The van der Waals surface area contributed by atoms with Gasteiger partial charge in [0.2, 0.25) is 0 Å². The summed E-state index contributed by atoms with van der Waals surface area (Å²) in [5.41, 5.74) is 0. The van der Waals surface area contributed by atoms with E-state index >= 15 is 0 Å². The Hall–Kier alpha value is -4.71. The Morgan fingerprint density at radius 2 is 0.537 bits per heavy atom. The third-order valence-corrected chi connectivity index (χ3v) is 10.3. The molecule has 6 heteroatoms. The maximum atomic E-state index is 12.8. The summed E-state index contributed by atoms with van der Waals surface area (Å²) in [6.07, 6.45) is 76.9. The summed E-state index contributed by atoms with van der Waals surface area (Å²) in [5.74, 6) is -1.02. The minimum atomic E-state index is -0.823. The van der Waals surface area contributed by atoms with Gasteiger partial charge in [-0.25, -0.2) is 0 Å². The first-order valence-corrected chi connectivity index (χ1v) is 26.3. The first-order valence-electron chi connectivity index (χ1n) is 26.3. The van der Waals surface area contributed by atoms with Crippen molar-refractivity contribution in [2.75, 3.05) is 13.2 Å². The Balaban J connectivity index is 4.56. The SMILES string of the molecule is CC/C=C\C/C=C\C/C=C\C/C=C\C/C=C\CCCCCC(=O)OCC(COC(=O)CCCCC/C=C\C/C=C\C/C=C\CC)OC(=O)CCCCCC/C=C\C/C=C\C/C=C\C/C=C\CC. The fraction of sp³-hybridized carbons (Fsp3) is 0.557. The van der Waals surface area contributed by atoms with Gasteiger partial charge < -0.3 is 14.2 Å². The monoisotopic (exact) mass is 923 g/mol. The average molecular weight is 923 g/mol. The van der Waals surface area contributed by atoms with E-state index in [1.807, 2.05) is 0 Å². The minimum absolute atomic E-state index is 0.121. The van der Waals surface area contributed by atoms with Crippen LogP contribution in [0.15, 0.2) is 146 Å². The number of hydrogen-bond acceptors (Lipinski definition) is 6. The van der Waals surface area contributed by atoms with E-state index in [0.717, 1.165) is 161 Å². The van der Waals surface area contributed by atoms with Gasteiger partial charge in [-0.05, 0) is 135 Å². The molecule has 0 spiro atoms. The molecule has 0 aliphatic carbocycles. The number of carbonyl (C=O) groups is 3. The lowest BCUT2D eigenvalue weighted by Crippen LogP contribution is -2.30. The number of carbonyl (C=O) groups excluding carboxylic acids is 3. The van der Waals surface area contributed by atoms with Crippen LogP contribution in [-0.4, -0.2) is 37.2 Å². The molecular formula is C61H94O6. The molecule has 0 N–H and O–H groups in total. The summed E-state index contributed by atoms with van der Waals surface area (Å²) in [5, 5.41) is 0. The normalized spacial score (nSPS) is 13.3. The van der Waals surface area contributed by atoms with Crippen LogP contribution in [0.1, 0.15) is 201 Å². The fourth-order valence-electron chi connectivity index (χ4n) is 6.47. The van der Waals surface area contributed by atoms with Crippen LogP contribution < -0.4 is 0 Å². The molecular weight excluding hydrogens is 829 g/mol. The van der Waals surface area contributed by atoms with Gasteiger partial charge in [0.05, 0.1) is 0 Å². The maximum absolute atomic E-state index is 12.8. The molecule has 67 heavy (non-hydrogen) atoms. The molecule has 0 aliphatic heterocycles. The Kier molecular flexibility index (Phi) is 50.1. The summed E-state index contributed by atoms with van der Waals surface area (Å²) in [7, 11) is 0. The van der Waals surface area contributed by atoms with E-state index < -0.39 is 6.10 Å². The first-order chi connectivity index (χ1) is 33.0. The number of ether oxygens (including phenoxy) is 3. The third kappa shape index (κ3) is 52.1. The van der Waals surface area contributed by atoms with E-state index in [1.165, 1.54) is 0 Å². The average Bonchev–Trinajstić information content (AvgIpc) is 3.33. The van der Waals surface area contributed by atoms with Gasteiger partial charge >= 0.3 is 17.9 Å². The predicted molar refractivity (Wildman–Crippen MR) is 288 cm³/mol. The number of hydrogen-bond donors (Lipinski definition) is 0. The zero-order valence-electron chi connectivity index (χ0n) is 42.6. The molecule has 0 radical (unpaired) electrons. The fourth-order valence-corrected chi connectivity index (χ4v) is 6.47. The first kappa shape index (κ1) is 62.3. The summed E-state index contributed by atoms with van der Waals surface area (Å²) in [4.78, 5) is 38.0. The van der Waals surface area contributed by atoms with Crippen LogP contribution in [0.5, 0.6) is 0 Å². The van der Waals surface area contributed by atoms with Crippen molar-refractivity contribution in [1.82, 2.24) is 0 Å².